The van der Waals surface area contributed by atoms with E-state index in [0.717, 1.165) is 5.56 Å². The molecule has 0 radical (unpaired) electrons. The minimum absolute atomic E-state index is 0.127. The number of carbonyl (C=O) groups excluding carboxylic acids is 2. The highest BCUT2D eigenvalue weighted by molar-refractivity contribution is 5.93. The van der Waals surface area contributed by atoms with E-state index < -0.39 is 11.6 Å². The van der Waals surface area contributed by atoms with Gasteiger partial charge in [0.15, 0.2) is 0 Å². The normalized spacial score (nSPS) is 19.0. The van der Waals surface area contributed by atoms with Crippen LogP contribution < -0.4 is 5.32 Å². The third kappa shape index (κ3) is 3.42. The van der Waals surface area contributed by atoms with Crippen molar-refractivity contribution < 1.29 is 14.3 Å². The zero-order valence-corrected chi connectivity index (χ0v) is 12.8. The molecule has 5 heteroatoms. The summed E-state index contributed by atoms with van der Waals surface area (Å²) in [6.45, 7) is 6.62. The fraction of sp³-hybridized carbons (Fsp3) is 0.500. The third-order valence-corrected chi connectivity index (χ3v) is 3.81. The average Bonchev–Trinajstić information content (AvgIpc) is 2.48. The lowest BCUT2D eigenvalue weighted by molar-refractivity contribution is -0.157. The summed E-state index contributed by atoms with van der Waals surface area (Å²) in [5.41, 5.74) is 0.187. The lowest BCUT2D eigenvalue weighted by atomic mass is 9.98. The van der Waals surface area contributed by atoms with E-state index in [9.17, 15) is 9.59 Å². The Labute approximate surface area is 125 Å². The zero-order chi connectivity index (χ0) is 15.5. The largest absolute Gasteiger partial charge is 0.364 e. The molecule has 1 aliphatic heterocycles. The van der Waals surface area contributed by atoms with Gasteiger partial charge in [0.25, 0.3) is 5.91 Å². The predicted molar refractivity (Wildman–Crippen MR) is 79.5 cm³/mol. The summed E-state index contributed by atoms with van der Waals surface area (Å²) in [4.78, 5) is 26.0. The molecule has 0 spiro atoms. The molecule has 0 bridgehead atoms. The van der Waals surface area contributed by atoms with E-state index in [2.05, 4.69) is 5.32 Å². The molecule has 0 aromatic heterocycles. The first-order valence-electron chi connectivity index (χ1n) is 7.18. The van der Waals surface area contributed by atoms with E-state index in [1.807, 2.05) is 30.3 Å². The summed E-state index contributed by atoms with van der Waals surface area (Å²) in [6.07, 6.45) is -0.574. The van der Waals surface area contributed by atoms with Crippen molar-refractivity contribution in [1.82, 2.24) is 10.2 Å². The van der Waals surface area contributed by atoms with Gasteiger partial charge < -0.3 is 15.0 Å². The van der Waals surface area contributed by atoms with Gasteiger partial charge in [-0.3, -0.25) is 9.59 Å². The molecule has 1 fully saturated rings. The maximum atomic E-state index is 12.5. The van der Waals surface area contributed by atoms with Crippen LogP contribution in [0.4, 0.5) is 0 Å². The van der Waals surface area contributed by atoms with Crippen molar-refractivity contribution >= 4 is 11.8 Å². The molecule has 2 rings (SSSR count). The fourth-order valence-electron chi connectivity index (χ4n) is 2.37. The molecule has 1 heterocycles. The molecular weight excluding hydrogens is 268 g/mol. The number of hydrogen-bond acceptors (Lipinski definition) is 3. The monoisotopic (exact) mass is 290 g/mol. The topological polar surface area (TPSA) is 58.6 Å². The molecule has 2 amide bonds. The van der Waals surface area contributed by atoms with Crippen LogP contribution in [0, 0.1) is 0 Å². The number of carbonyl (C=O) groups is 2. The molecule has 1 aromatic carbocycles. The van der Waals surface area contributed by atoms with Crippen molar-refractivity contribution in [3.05, 3.63) is 35.9 Å². The van der Waals surface area contributed by atoms with E-state index in [0.29, 0.717) is 19.7 Å². The first-order valence-corrected chi connectivity index (χ1v) is 7.18. The lowest BCUT2D eigenvalue weighted by Gasteiger charge is -2.42. The van der Waals surface area contributed by atoms with E-state index in [-0.39, 0.29) is 11.8 Å². The Kier molecular flexibility index (Phi) is 4.63. The number of ether oxygens (including phenoxy) is 1. The Morgan fingerprint density at radius 1 is 1.38 bits per heavy atom. The highest BCUT2D eigenvalue weighted by Crippen LogP contribution is 2.19. The maximum Gasteiger partial charge on any atom is 0.252 e. The van der Waals surface area contributed by atoms with E-state index in [4.69, 9.17) is 4.74 Å². The smallest absolute Gasteiger partial charge is 0.252 e. The van der Waals surface area contributed by atoms with Crippen LogP contribution >= 0.6 is 0 Å². The Hall–Kier alpha value is -1.88. The number of nitrogens with one attached hydrogen (secondary N) is 1. The molecule has 5 nitrogen and oxygen atoms in total. The molecule has 0 aliphatic carbocycles. The van der Waals surface area contributed by atoms with Gasteiger partial charge in [0.1, 0.15) is 11.6 Å². The lowest BCUT2D eigenvalue weighted by Crippen LogP contribution is -2.64. The van der Waals surface area contributed by atoms with Gasteiger partial charge in [0, 0.05) is 13.1 Å². The second kappa shape index (κ2) is 6.26. The first-order chi connectivity index (χ1) is 9.93. The van der Waals surface area contributed by atoms with Crippen LogP contribution in [0.25, 0.3) is 0 Å². The number of amides is 2. The molecule has 1 N–H and O–H groups in total. The van der Waals surface area contributed by atoms with Crippen LogP contribution in [0.3, 0.4) is 0 Å². The fourth-order valence-corrected chi connectivity index (χ4v) is 2.37. The quantitative estimate of drug-likeness (QED) is 0.910. The second-order valence-electron chi connectivity index (χ2n) is 5.74. The van der Waals surface area contributed by atoms with Gasteiger partial charge in [-0.1, -0.05) is 30.3 Å². The van der Waals surface area contributed by atoms with Gasteiger partial charge in [-0.15, -0.1) is 0 Å². The standard InChI is InChI=1S/C16H22N2O3/c1-12(21-11-13-7-5-4-6-8-13)14(19)18-10-9-17-15(20)16(18,2)3/h4-8,12H,9-11H2,1-3H3,(H,17,20). The Morgan fingerprint density at radius 3 is 2.71 bits per heavy atom. The van der Waals surface area contributed by atoms with Gasteiger partial charge in [-0.2, -0.15) is 0 Å². The molecular formula is C16H22N2O3. The number of benzene rings is 1. The number of piperazine rings is 1. The maximum absolute atomic E-state index is 12.5. The highest BCUT2D eigenvalue weighted by Gasteiger charge is 2.41. The summed E-state index contributed by atoms with van der Waals surface area (Å²) in [5, 5.41) is 2.78. The van der Waals surface area contributed by atoms with Gasteiger partial charge >= 0.3 is 0 Å². The van der Waals surface area contributed by atoms with Gasteiger partial charge in [-0.05, 0) is 26.3 Å². The van der Waals surface area contributed by atoms with Gasteiger partial charge in [0.2, 0.25) is 5.91 Å². The Balaban J connectivity index is 1.97. The molecule has 114 valence electrons. The van der Waals surface area contributed by atoms with Crippen molar-refractivity contribution in [3.8, 4) is 0 Å². The van der Waals surface area contributed by atoms with E-state index in [1.54, 1.807) is 25.7 Å². The van der Waals surface area contributed by atoms with Crippen LogP contribution in [0.15, 0.2) is 30.3 Å². The second-order valence-corrected chi connectivity index (χ2v) is 5.74. The molecule has 21 heavy (non-hydrogen) atoms. The van der Waals surface area contributed by atoms with Gasteiger partial charge in [-0.25, -0.2) is 0 Å². The van der Waals surface area contributed by atoms with Crippen molar-refractivity contribution in [2.24, 2.45) is 0 Å². The Morgan fingerprint density at radius 2 is 2.05 bits per heavy atom. The minimum Gasteiger partial charge on any atom is -0.364 e. The van der Waals surface area contributed by atoms with Crippen LogP contribution in [0.1, 0.15) is 26.3 Å². The van der Waals surface area contributed by atoms with Crippen molar-refractivity contribution in [2.45, 2.75) is 39.0 Å². The molecule has 1 aliphatic rings. The SMILES string of the molecule is CC(OCc1ccccc1)C(=O)N1CCNC(=O)C1(C)C. The van der Waals surface area contributed by atoms with Crippen LogP contribution in [0.5, 0.6) is 0 Å². The Bertz CT molecular complexity index is 514. The number of rotatable bonds is 4. The summed E-state index contributed by atoms with van der Waals surface area (Å²) < 4.78 is 5.65. The van der Waals surface area contributed by atoms with Crippen LogP contribution in [-0.4, -0.2) is 41.4 Å². The number of hydrogen-bond donors (Lipinski definition) is 1. The molecule has 1 aromatic rings. The zero-order valence-electron chi connectivity index (χ0n) is 12.8. The number of nitrogens with zero attached hydrogens (tertiary/aromatic N) is 1. The summed E-state index contributed by atoms with van der Waals surface area (Å²) in [6, 6.07) is 9.71. The summed E-state index contributed by atoms with van der Waals surface area (Å²) in [7, 11) is 0. The van der Waals surface area contributed by atoms with Crippen molar-refractivity contribution in [2.75, 3.05) is 13.1 Å². The van der Waals surface area contributed by atoms with Crippen molar-refractivity contribution in [1.29, 1.82) is 0 Å². The molecule has 1 unspecified atom stereocenters. The van der Waals surface area contributed by atoms with Crippen LogP contribution in [-0.2, 0) is 20.9 Å². The molecule has 1 atom stereocenters. The van der Waals surface area contributed by atoms with E-state index in [1.165, 1.54) is 0 Å². The average molecular weight is 290 g/mol. The van der Waals surface area contributed by atoms with Gasteiger partial charge in [0.05, 0.1) is 6.61 Å². The molecule has 0 saturated carbocycles. The minimum atomic E-state index is -0.834. The third-order valence-electron chi connectivity index (χ3n) is 3.81. The first kappa shape index (κ1) is 15.5. The summed E-state index contributed by atoms with van der Waals surface area (Å²) in [5.74, 6) is -0.275. The van der Waals surface area contributed by atoms with E-state index >= 15 is 0 Å². The van der Waals surface area contributed by atoms with Crippen LogP contribution in [0.2, 0.25) is 0 Å². The van der Waals surface area contributed by atoms with Crippen molar-refractivity contribution in [3.63, 3.8) is 0 Å². The predicted octanol–water partition coefficient (Wildman–Crippen LogP) is 1.33. The molecule has 1 saturated heterocycles. The summed E-state index contributed by atoms with van der Waals surface area (Å²) >= 11 is 0. The highest BCUT2D eigenvalue weighted by atomic mass is 16.5.